The van der Waals surface area contributed by atoms with E-state index >= 15 is 0 Å². The van der Waals surface area contributed by atoms with E-state index in [1.54, 1.807) is 0 Å². The molecule has 0 radical (unpaired) electrons. The van der Waals surface area contributed by atoms with Crippen LogP contribution in [0.15, 0.2) is 24.3 Å². The van der Waals surface area contributed by atoms with Gasteiger partial charge in [-0.15, -0.1) is 10.2 Å². The maximum atomic E-state index is 5.62. The first kappa shape index (κ1) is 13.5. The lowest BCUT2D eigenvalue weighted by Gasteiger charge is -2.14. The van der Waals surface area contributed by atoms with Crippen LogP contribution in [0.4, 0.5) is 5.82 Å². The van der Waals surface area contributed by atoms with Crippen LogP contribution >= 0.6 is 0 Å². The predicted molar refractivity (Wildman–Crippen MR) is 80.0 cm³/mol. The van der Waals surface area contributed by atoms with Crippen molar-refractivity contribution >= 4 is 5.82 Å². The van der Waals surface area contributed by atoms with E-state index in [1.165, 1.54) is 22.3 Å². The van der Waals surface area contributed by atoms with E-state index in [2.05, 4.69) is 43.1 Å². The summed E-state index contributed by atoms with van der Waals surface area (Å²) in [4.78, 5) is 0. The number of aryl methyl sites for hydroxylation is 3. The van der Waals surface area contributed by atoms with Gasteiger partial charge in [0.05, 0.1) is 5.69 Å². The maximum absolute atomic E-state index is 5.62. The minimum absolute atomic E-state index is 0.463. The predicted octanol–water partition coefficient (Wildman–Crippen LogP) is 3.41. The second-order valence-electron chi connectivity index (χ2n) is 4.69. The lowest BCUT2D eigenvalue weighted by atomic mass is 9.91. The van der Waals surface area contributed by atoms with E-state index in [-0.39, 0.29) is 0 Å². The molecular formula is C16H21N3. The van der Waals surface area contributed by atoms with Crippen LogP contribution in [0.5, 0.6) is 0 Å². The van der Waals surface area contributed by atoms with Crippen molar-refractivity contribution in [1.29, 1.82) is 0 Å². The number of nitrogens with two attached hydrogens (primary N) is 1. The SMILES string of the molecule is CCc1cc(CC)c(-c2ccc(N)nn2)c(CC)c1. The number of nitrogen functional groups attached to an aromatic ring is 1. The van der Waals surface area contributed by atoms with Crippen molar-refractivity contribution in [2.75, 3.05) is 5.73 Å². The molecule has 3 nitrogen and oxygen atoms in total. The molecule has 0 aliphatic heterocycles. The van der Waals surface area contributed by atoms with Crippen LogP contribution in [0.2, 0.25) is 0 Å². The number of nitrogens with zero attached hydrogens (tertiary/aromatic N) is 2. The summed E-state index contributed by atoms with van der Waals surface area (Å²) in [7, 11) is 0. The van der Waals surface area contributed by atoms with Crippen LogP contribution in [-0.2, 0) is 19.3 Å². The van der Waals surface area contributed by atoms with Crippen molar-refractivity contribution in [3.8, 4) is 11.3 Å². The van der Waals surface area contributed by atoms with E-state index in [1.807, 2.05) is 12.1 Å². The standard InChI is InChI=1S/C16H21N3/c1-4-11-9-12(5-2)16(13(6-3)10-11)14-7-8-15(17)19-18-14/h7-10H,4-6H2,1-3H3,(H2,17,19). The summed E-state index contributed by atoms with van der Waals surface area (Å²) in [6, 6.07) is 8.34. The van der Waals surface area contributed by atoms with Gasteiger partial charge in [0.15, 0.2) is 0 Å². The molecule has 0 saturated carbocycles. The molecule has 0 aliphatic carbocycles. The smallest absolute Gasteiger partial charge is 0.146 e. The van der Waals surface area contributed by atoms with E-state index in [0.717, 1.165) is 25.0 Å². The summed E-state index contributed by atoms with van der Waals surface area (Å²) < 4.78 is 0. The number of anilines is 1. The Labute approximate surface area is 114 Å². The van der Waals surface area contributed by atoms with Crippen LogP contribution in [0, 0.1) is 0 Å². The lowest BCUT2D eigenvalue weighted by Crippen LogP contribution is -2.01. The highest BCUT2D eigenvalue weighted by molar-refractivity contribution is 5.69. The average Bonchev–Trinajstić information content (AvgIpc) is 2.46. The molecule has 0 spiro atoms. The van der Waals surface area contributed by atoms with Gasteiger partial charge in [-0.05, 0) is 48.1 Å². The minimum atomic E-state index is 0.463. The van der Waals surface area contributed by atoms with Gasteiger partial charge in [-0.2, -0.15) is 0 Å². The summed E-state index contributed by atoms with van der Waals surface area (Å²) in [5.74, 6) is 0.463. The fraction of sp³-hybridized carbons (Fsp3) is 0.375. The Morgan fingerprint density at radius 3 is 1.95 bits per heavy atom. The Hall–Kier alpha value is -1.90. The lowest BCUT2D eigenvalue weighted by molar-refractivity contribution is 1.01. The van der Waals surface area contributed by atoms with Crippen LogP contribution in [0.3, 0.4) is 0 Å². The maximum Gasteiger partial charge on any atom is 0.146 e. The van der Waals surface area contributed by atoms with Crippen molar-refractivity contribution in [2.24, 2.45) is 0 Å². The van der Waals surface area contributed by atoms with Crippen LogP contribution in [-0.4, -0.2) is 10.2 Å². The molecule has 2 rings (SSSR count). The number of hydrogen-bond donors (Lipinski definition) is 1. The van der Waals surface area contributed by atoms with Gasteiger partial charge in [-0.3, -0.25) is 0 Å². The third-order valence-corrected chi connectivity index (χ3v) is 3.47. The molecule has 19 heavy (non-hydrogen) atoms. The molecule has 3 heteroatoms. The quantitative estimate of drug-likeness (QED) is 0.910. The molecule has 0 saturated heterocycles. The third-order valence-electron chi connectivity index (χ3n) is 3.47. The Bertz CT molecular complexity index is 534. The molecule has 0 aliphatic rings. The fourth-order valence-corrected chi connectivity index (χ4v) is 2.41. The Kier molecular flexibility index (Phi) is 4.15. The van der Waals surface area contributed by atoms with Gasteiger partial charge < -0.3 is 5.73 Å². The Morgan fingerprint density at radius 2 is 1.53 bits per heavy atom. The van der Waals surface area contributed by atoms with Gasteiger partial charge in [-0.25, -0.2) is 0 Å². The highest BCUT2D eigenvalue weighted by atomic mass is 15.1. The molecule has 0 atom stereocenters. The number of aromatic nitrogens is 2. The first-order chi connectivity index (χ1) is 9.19. The molecule has 1 heterocycles. The average molecular weight is 255 g/mol. The number of benzene rings is 1. The van der Waals surface area contributed by atoms with E-state index in [4.69, 9.17) is 5.73 Å². The van der Waals surface area contributed by atoms with E-state index in [9.17, 15) is 0 Å². The Balaban J connectivity index is 2.63. The largest absolute Gasteiger partial charge is 0.382 e. The summed E-state index contributed by atoms with van der Waals surface area (Å²) in [5, 5.41) is 8.22. The summed E-state index contributed by atoms with van der Waals surface area (Å²) >= 11 is 0. The molecule has 1 aromatic heterocycles. The molecule has 2 N–H and O–H groups in total. The zero-order chi connectivity index (χ0) is 13.8. The number of rotatable bonds is 4. The molecule has 100 valence electrons. The number of hydrogen-bond acceptors (Lipinski definition) is 3. The monoisotopic (exact) mass is 255 g/mol. The fourth-order valence-electron chi connectivity index (χ4n) is 2.41. The molecule has 0 unspecified atom stereocenters. The van der Waals surface area contributed by atoms with Crippen molar-refractivity contribution in [3.05, 3.63) is 41.0 Å². The van der Waals surface area contributed by atoms with Gasteiger partial charge in [0.25, 0.3) is 0 Å². The highest BCUT2D eigenvalue weighted by Crippen LogP contribution is 2.29. The van der Waals surface area contributed by atoms with Crippen molar-refractivity contribution in [2.45, 2.75) is 40.0 Å². The zero-order valence-corrected chi connectivity index (χ0v) is 11.9. The molecule has 0 bridgehead atoms. The molecule has 2 aromatic rings. The first-order valence-electron chi connectivity index (χ1n) is 6.93. The normalized spacial score (nSPS) is 10.7. The van der Waals surface area contributed by atoms with E-state index in [0.29, 0.717) is 5.82 Å². The van der Waals surface area contributed by atoms with Crippen molar-refractivity contribution in [1.82, 2.24) is 10.2 Å². The first-order valence-corrected chi connectivity index (χ1v) is 6.93. The topological polar surface area (TPSA) is 51.8 Å². The molecular weight excluding hydrogens is 234 g/mol. The molecule has 0 amide bonds. The van der Waals surface area contributed by atoms with Gasteiger partial charge >= 0.3 is 0 Å². The Morgan fingerprint density at radius 1 is 0.895 bits per heavy atom. The van der Waals surface area contributed by atoms with Gasteiger partial charge in [0.2, 0.25) is 0 Å². The van der Waals surface area contributed by atoms with Crippen LogP contribution < -0.4 is 5.73 Å². The summed E-state index contributed by atoms with van der Waals surface area (Å²) in [5.41, 5.74) is 11.8. The van der Waals surface area contributed by atoms with Gasteiger partial charge in [0, 0.05) is 5.56 Å². The second kappa shape index (κ2) is 5.83. The van der Waals surface area contributed by atoms with Crippen LogP contribution in [0.25, 0.3) is 11.3 Å². The molecule has 0 fully saturated rings. The van der Waals surface area contributed by atoms with Gasteiger partial charge in [-0.1, -0.05) is 32.9 Å². The van der Waals surface area contributed by atoms with E-state index < -0.39 is 0 Å². The second-order valence-corrected chi connectivity index (χ2v) is 4.69. The summed E-state index contributed by atoms with van der Waals surface area (Å²) in [6.45, 7) is 6.56. The van der Waals surface area contributed by atoms with Crippen molar-refractivity contribution in [3.63, 3.8) is 0 Å². The zero-order valence-electron chi connectivity index (χ0n) is 11.9. The third kappa shape index (κ3) is 2.75. The highest BCUT2D eigenvalue weighted by Gasteiger charge is 2.12. The van der Waals surface area contributed by atoms with Crippen molar-refractivity contribution < 1.29 is 0 Å². The summed E-state index contributed by atoms with van der Waals surface area (Å²) in [6.07, 6.45) is 3.07. The van der Waals surface area contributed by atoms with Crippen LogP contribution in [0.1, 0.15) is 37.5 Å². The minimum Gasteiger partial charge on any atom is -0.382 e. The molecule has 1 aromatic carbocycles. The van der Waals surface area contributed by atoms with Gasteiger partial charge in [0.1, 0.15) is 5.82 Å².